The fraction of sp³-hybridized carbons (Fsp3) is 0.348. The number of carbonyl (C=O) groups is 1. The Hall–Kier alpha value is -2.28. The molecule has 5 nitrogen and oxygen atoms in total. The summed E-state index contributed by atoms with van der Waals surface area (Å²) in [6, 6.07) is 16.1. The summed E-state index contributed by atoms with van der Waals surface area (Å²) in [6.07, 6.45) is 2.69. The highest BCUT2D eigenvalue weighted by atomic mass is 35.5. The van der Waals surface area contributed by atoms with E-state index in [4.69, 9.17) is 11.6 Å². The predicted octanol–water partition coefficient (Wildman–Crippen LogP) is 5.27. The maximum Gasteiger partial charge on any atom is 0.342 e. The van der Waals surface area contributed by atoms with Gasteiger partial charge in [0, 0.05) is 24.0 Å². The molecule has 4 rings (SSSR count). The zero-order valence-electron chi connectivity index (χ0n) is 17.8. The van der Waals surface area contributed by atoms with Crippen molar-refractivity contribution in [2.45, 2.75) is 37.4 Å². The summed E-state index contributed by atoms with van der Waals surface area (Å²) in [4.78, 5) is 15.4. The number of likely N-dealkylation sites (N-methyl/N-ethyl adjacent to an activating group) is 1. The van der Waals surface area contributed by atoms with E-state index in [0.717, 1.165) is 22.9 Å². The first-order valence-electron chi connectivity index (χ1n) is 10.2. The third-order valence-electron chi connectivity index (χ3n) is 6.10. The second-order valence-electron chi connectivity index (χ2n) is 7.69. The molecule has 0 bridgehead atoms. The van der Waals surface area contributed by atoms with Crippen molar-refractivity contribution in [3.8, 4) is 0 Å². The first-order valence-corrected chi connectivity index (χ1v) is 10.6. The van der Waals surface area contributed by atoms with Crippen LogP contribution in [0.4, 0.5) is 9.18 Å². The van der Waals surface area contributed by atoms with Gasteiger partial charge in [-0.1, -0.05) is 55.8 Å². The molecule has 3 atom stereocenters. The van der Waals surface area contributed by atoms with Crippen molar-refractivity contribution in [3.63, 3.8) is 0 Å². The molecule has 0 saturated carbocycles. The van der Waals surface area contributed by atoms with Crippen LogP contribution in [0.1, 0.15) is 31.7 Å². The molecular formula is C23H27Cl2FN4O. The average molecular weight is 465 g/mol. The van der Waals surface area contributed by atoms with Gasteiger partial charge in [-0.25, -0.2) is 14.2 Å². The molecular weight excluding hydrogens is 438 g/mol. The van der Waals surface area contributed by atoms with Crippen molar-refractivity contribution in [2.24, 2.45) is 0 Å². The summed E-state index contributed by atoms with van der Waals surface area (Å²) >= 11 is 7.03. The standard InChI is InChI=1S/C23H26ClFN4O.ClH/c1-4-14-27-21(24)23(26-3,16(2)17-9-11-19(25)12-10-17)29(22(27)30)28-15-13-18-7-5-6-8-20(18)28;/h5-13,15-16,21,26H,4,14H2,1-3H3;1H. The summed E-state index contributed by atoms with van der Waals surface area (Å²) in [5.74, 6) is -0.521. The number of benzene rings is 2. The van der Waals surface area contributed by atoms with Gasteiger partial charge in [-0.3, -0.25) is 9.99 Å². The fourth-order valence-electron chi connectivity index (χ4n) is 4.52. The van der Waals surface area contributed by atoms with Crippen LogP contribution in [-0.2, 0) is 0 Å². The van der Waals surface area contributed by atoms with Crippen LogP contribution in [0.2, 0.25) is 0 Å². The molecule has 1 aromatic heterocycles. The lowest BCUT2D eigenvalue weighted by Crippen LogP contribution is -2.66. The lowest BCUT2D eigenvalue weighted by atomic mass is 9.87. The van der Waals surface area contributed by atoms with Crippen molar-refractivity contribution in [2.75, 3.05) is 18.6 Å². The van der Waals surface area contributed by atoms with Gasteiger partial charge >= 0.3 is 6.03 Å². The summed E-state index contributed by atoms with van der Waals surface area (Å²) in [6.45, 7) is 4.58. The minimum Gasteiger partial charge on any atom is -0.303 e. The van der Waals surface area contributed by atoms with Gasteiger partial charge in [-0.2, -0.15) is 0 Å². The van der Waals surface area contributed by atoms with Crippen molar-refractivity contribution in [3.05, 3.63) is 72.2 Å². The number of amides is 2. The van der Waals surface area contributed by atoms with Crippen molar-refractivity contribution < 1.29 is 9.18 Å². The van der Waals surface area contributed by atoms with E-state index >= 15 is 0 Å². The highest BCUT2D eigenvalue weighted by Crippen LogP contribution is 2.43. The molecule has 0 spiro atoms. The van der Waals surface area contributed by atoms with Crippen LogP contribution in [0, 0.1) is 5.82 Å². The molecule has 1 aliphatic heterocycles. The zero-order valence-corrected chi connectivity index (χ0v) is 19.3. The number of fused-ring (bicyclic) bond motifs is 1. The molecule has 3 unspecified atom stereocenters. The maximum atomic E-state index is 13.7. The minimum atomic E-state index is -0.951. The van der Waals surface area contributed by atoms with Gasteiger partial charge in [0.05, 0.1) is 5.52 Å². The number of nitrogens with one attached hydrogen (secondary N) is 1. The van der Waals surface area contributed by atoms with E-state index in [2.05, 4.69) is 5.32 Å². The Morgan fingerprint density at radius 2 is 1.84 bits per heavy atom. The lowest BCUT2D eigenvalue weighted by molar-refractivity contribution is 0.208. The van der Waals surface area contributed by atoms with Crippen LogP contribution < -0.4 is 10.3 Å². The zero-order chi connectivity index (χ0) is 21.5. The second-order valence-corrected chi connectivity index (χ2v) is 8.10. The Kier molecular flexibility index (Phi) is 6.84. The number of hydrogen-bond donors (Lipinski definition) is 1. The molecule has 1 fully saturated rings. The first-order chi connectivity index (χ1) is 14.5. The van der Waals surface area contributed by atoms with E-state index in [1.165, 1.54) is 12.1 Å². The van der Waals surface area contributed by atoms with Gasteiger partial charge in [-0.15, -0.1) is 12.4 Å². The number of rotatable bonds is 6. The predicted molar refractivity (Wildman–Crippen MR) is 126 cm³/mol. The normalized spacial score (nSPS) is 22.1. The fourth-order valence-corrected chi connectivity index (χ4v) is 5.09. The number of nitrogens with zero attached hydrogens (tertiary/aromatic N) is 3. The molecule has 0 radical (unpaired) electrons. The number of alkyl halides is 1. The van der Waals surface area contributed by atoms with Gasteiger partial charge in [0.15, 0.2) is 5.66 Å². The third-order valence-corrected chi connectivity index (χ3v) is 6.67. The van der Waals surface area contributed by atoms with E-state index in [1.807, 2.05) is 62.1 Å². The maximum absolute atomic E-state index is 13.7. The van der Waals surface area contributed by atoms with E-state index in [9.17, 15) is 9.18 Å². The third kappa shape index (κ3) is 3.56. The molecule has 31 heavy (non-hydrogen) atoms. The van der Waals surface area contributed by atoms with Gasteiger partial charge in [0.25, 0.3) is 0 Å². The number of carbonyl (C=O) groups excluding carboxylic acids is 1. The van der Waals surface area contributed by atoms with E-state index in [0.29, 0.717) is 6.54 Å². The molecule has 1 aliphatic rings. The topological polar surface area (TPSA) is 40.5 Å². The van der Waals surface area contributed by atoms with Crippen LogP contribution >= 0.6 is 24.0 Å². The molecule has 166 valence electrons. The summed E-state index contributed by atoms with van der Waals surface area (Å²) < 4.78 is 15.4. The second kappa shape index (κ2) is 9.07. The Morgan fingerprint density at radius 1 is 1.16 bits per heavy atom. The van der Waals surface area contributed by atoms with Gasteiger partial charge in [-0.05, 0) is 43.3 Å². The SMILES string of the molecule is CCCN1C(=O)N(n2ccc3ccccc32)C(NC)(C(C)c2ccc(F)cc2)C1Cl.Cl. The van der Waals surface area contributed by atoms with Gasteiger partial charge in [0.1, 0.15) is 11.3 Å². The van der Waals surface area contributed by atoms with Crippen molar-refractivity contribution >= 4 is 40.9 Å². The Bertz CT molecular complexity index is 1060. The molecule has 3 aromatic rings. The molecule has 2 amide bonds. The molecule has 8 heteroatoms. The largest absolute Gasteiger partial charge is 0.342 e. The smallest absolute Gasteiger partial charge is 0.303 e. The highest BCUT2D eigenvalue weighted by Gasteiger charge is 2.60. The number of para-hydroxylation sites is 1. The van der Waals surface area contributed by atoms with Gasteiger partial charge < -0.3 is 4.90 Å². The lowest BCUT2D eigenvalue weighted by Gasteiger charge is -2.44. The minimum absolute atomic E-state index is 0. The number of aromatic nitrogens is 1. The Labute approximate surface area is 193 Å². The van der Waals surface area contributed by atoms with E-state index in [1.54, 1.807) is 22.0 Å². The van der Waals surface area contributed by atoms with Crippen LogP contribution in [0.15, 0.2) is 60.8 Å². The van der Waals surface area contributed by atoms with Gasteiger partial charge in [0.2, 0.25) is 0 Å². The summed E-state index contributed by atoms with van der Waals surface area (Å²) in [5, 5.41) is 6.13. The van der Waals surface area contributed by atoms with Crippen LogP contribution in [0.3, 0.4) is 0 Å². The molecule has 2 aromatic carbocycles. The van der Waals surface area contributed by atoms with Crippen molar-refractivity contribution in [1.82, 2.24) is 14.9 Å². The number of halogens is 3. The number of urea groups is 1. The van der Waals surface area contributed by atoms with E-state index < -0.39 is 11.2 Å². The van der Waals surface area contributed by atoms with Crippen LogP contribution in [0.5, 0.6) is 0 Å². The highest BCUT2D eigenvalue weighted by molar-refractivity contribution is 6.24. The van der Waals surface area contributed by atoms with E-state index in [-0.39, 0.29) is 30.2 Å². The average Bonchev–Trinajstić information content (AvgIpc) is 3.26. The van der Waals surface area contributed by atoms with Crippen molar-refractivity contribution in [1.29, 1.82) is 0 Å². The van der Waals surface area contributed by atoms with Crippen LogP contribution in [-0.4, -0.2) is 40.4 Å². The Morgan fingerprint density at radius 3 is 2.48 bits per heavy atom. The first kappa shape index (κ1) is 23.4. The monoisotopic (exact) mass is 464 g/mol. The quantitative estimate of drug-likeness (QED) is 0.398. The summed E-state index contributed by atoms with van der Waals surface area (Å²) in [5.41, 5.74) is 0.229. The molecule has 1 N–H and O–H groups in total. The number of hydrogen-bond acceptors (Lipinski definition) is 2. The Balaban J connectivity index is 0.00000272. The van der Waals surface area contributed by atoms with Crippen LogP contribution in [0.25, 0.3) is 10.9 Å². The summed E-state index contributed by atoms with van der Waals surface area (Å²) in [7, 11) is 1.82. The molecule has 2 heterocycles. The molecule has 1 saturated heterocycles. The molecule has 0 aliphatic carbocycles.